The molecule has 1 aromatic heterocycles. The van der Waals surface area contributed by atoms with Crippen molar-refractivity contribution in [3.63, 3.8) is 0 Å². The normalized spacial score (nSPS) is 11.1. The minimum absolute atomic E-state index is 0.663. The zero-order chi connectivity index (χ0) is 12.7. The average molecular weight is 386 g/mol. The van der Waals surface area contributed by atoms with Gasteiger partial charge < -0.3 is 0 Å². The first-order valence-corrected chi connectivity index (χ1v) is 7.20. The Morgan fingerprint density at radius 1 is 1.00 bits per heavy atom. The van der Waals surface area contributed by atoms with Gasteiger partial charge in [0.25, 0.3) is 0 Å². The maximum absolute atomic E-state index is 6.22. The van der Waals surface area contributed by atoms with E-state index in [9.17, 15) is 0 Å². The van der Waals surface area contributed by atoms with Gasteiger partial charge in [0, 0.05) is 20.5 Å². The molecule has 0 unspecified atom stereocenters. The molecule has 0 fully saturated rings. The minimum Gasteiger partial charge on any atom is -0.238 e. The second kappa shape index (κ2) is 4.68. The third-order valence-electron chi connectivity index (χ3n) is 2.62. The SMILES string of the molecule is Clc1cc(Br)ccc1-n1cc2cc(Br)ccc2n1. The summed E-state index contributed by atoms with van der Waals surface area (Å²) < 4.78 is 3.79. The number of fused-ring (bicyclic) bond motifs is 1. The second-order valence-corrected chi connectivity index (χ2v) is 6.11. The summed E-state index contributed by atoms with van der Waals surface area (Å²) in [5, 5.41) is 6.25. The van der Waals surface area contributed by atoms with Crippen LogP contribution in [0.5, 0.6) is 0 Å². The molecule has 0 aliphatic carbocycles. The summed E-state index contributed by atoms with van der Waals surface area (Å²) in [5.74, 6) is 0. The van der Waals surface area contributed by atoms with Crippen molar-refractivity contribution >= 4 is 54.4 Å². The van der Waals surface area contributed by atoms with Crippen molar-refractivity contribution in [3.05, 3.63) is 56.6 Å². The Morgan fingerprint density at radius 3 is 2.50 bits per heavy atom. The number of hydrogen-bond acceptors (Lipinski definition) is 1. The van der Waals surface area contributed by atoms with E-state index in [1.54, 1.807) is 4.68 Å². The van der Waals surface area contributed by atoms with Crippen LogP contribution in [0.2, 0.25) is 5.02 Å². The van der Waals surface area contributed by atoms with Crippen LogP contribution in [0.15, 0.2) is 51.5 Å². The van der Waals surface area contributed by atoms with E-state index in [-0.39, 0.29) is 0 Å². The van der Waals surface area contributed by atoms with E-state index in [0.717, 1.165) is 25.5 Å². The molecule has 5 heteroatoms. The maximum atomic E-state index is 6.22. The fourth-order valence-corrected chi connectivity index (χ4v) is 2.93. The van der Waals surface area contributed by atoms with Crippen molar-refractivity contribution < 1.29 is 0 Å². The van der Waals surface area contributed by atoms with Gasteiger partial charge in [-0.15, -0.1) is 0 Å². The Bertz CT molecular complexity index is 737. The molecule has 0 aliphatic heterocycles. The van der Waals surface area contributed by atoms with Crippen LogP contribution in [0.3, 0.4) is 0 Å². The van der Waals surface area contributed by atoms with E-state index in [0.29, 0.717) is 5.02 Å². The molecule has 90 valence electrons. The molecule has 0 N–H and O–H groups in total. The van der Waals surface area contributed by atoms with E-state index in [1.165, 1.54) is 0 Å². The van der Waals surface area contributed by atoms with Gasteiger partial charge in [-0.2, -0.15) is 5.10 Å². The molecule has 18 heavy (non-hydrogen) atoms. The highest BCUT2D eigenvalue weighted by atomic mass is 79.9. The van der Waals surface area contributed by atoms with Gasteiger partial charge in [0.1, 0.15) is 0 Å². The predicted octanol–water partition coefficient (Wildman–Crippen LogP) is 5.20. The first-order chi connectivity index (χ1) is 8.63. The molecule has 0 atom stereocenters. The van der Waals surface area contributed by atoms with Crippen molar-refractivity contribution in [3.8, 4) is 5.69 Å². The fraction of sp³-hybridized carbons (Fsp3) is 0. The van der Waals surface area contributed by atoms with Crippen LogP contribution in [-0.4, -0.2) is 9.78 Å². The van der Waals surface area contributed by atoms with Crippen LogP contribution in [0.1, 0.15) is 0 Å². The van der Waals surface area contributed by atoms with Crippen LogP contribution in [0.25, 0.3) is 16.6 Å². The molecule has 0 amide bonds. The lowest BCUT2D eigenvalue weighted by Crippen LogP contribution is -1.94. The summed E-state index contributed by atoms with van der Waals surface area (Å²) >= 11 is 13.1. The minimum atomic E-state index is 0.663. The van der Waals surface area contributed by atoms with Gasteiger partial charge in [-0.25, -0.2) is 4.68 Å². The topological polar surface area (TPSA) is 17.8 Å². The number of benzene rings is 2. The largest absolute Gasteiger partial charge is 0.238 e. The fourth-order valence-electron chi connectivity index (χ4n) is 1.79. The average Bonchev–Trinajstić information content (AvgIpc) is 2.71. The summed E-state index contributed by atoms with van der Waals surface area (Å²) in [4.78, 5) is 0. The number of hydrogen-bond donors (Lipinski definition) is 0. The lowest BCUT2D eigenvalue weighted by Gasteiger charge is -2.03. The van der Waals surface area contributed by atoms with Crippen LogP contribution in [-0.2, 0) is 0 Å². The van der Waals surface area contributed by atoms with Crippen LogP contribution < -0.4 is 0 Å². The molecule has 0 bridgehead atoms. The third kappa shape index (κ3) is 2.20. The molecular formula is C13H7Br2ClN2. The standard InChI is InChI=1S/C13H7Br2ClN2/c14-9-1-3-12-8(5-9)7-18(17-12)13-4-2-10(15)6-11(13)16/h1-7H. The van der Waals surface area contributed by atoms with E-state index in [1.807, 2.05) is 42.6 Å². The molecule has 2 aromatic carbocycles. The Labute approximate surface area is 126 Å². The molecule has 0 radical (unpaired) electrons. The lowest BCUT2D eigenvalue weighted by molar-refractivity contribution is 0.896. The summed E-state index contributed by atoms with van der Waals surface area (Å²) in [6.45, 7) is 0. The highest BCUT2D eigenvalue weighted by molar-refractivity contribution is 9.10. The van der Waals surface area contributed by atoms with E-state index in [4.69, 9.17) is 11.6 Å². The van der Waals surface area contributed by atoms with Crippen molar-refractivity contribution in [1.29, 1.82) is 0 Å². The Morgan fingerprint density at radius 2 is 1.72 bits per heavy atom. The van der Waals surface area contributed by atoms with Gasteiger partial charge in [0.15, 0.2) is 0 Å². The summed E-state index contributed by atoms with van der Waals surface area (Å²) in [6.07, 6.45) is 1.97. The van der Waals surface area contributed by atoms with Crippen molar-refractivity contribution in [2.45, 2.75) is 0 Å². The molecule has 3 rings (SSSR count). The first-order valence-electron chi connectivity index (χ1n) is 5.24. The molecule has 1 heterocycles. The zero-order valence-corrected chi connectivity index (χ0v) is 13.0. The van der Waals surface area contributed by atoms with Crippen LogP contribution in [0, 0.1) is 0 Å². The Balaban J connectivity index is 2.19. The quantitative estimate of drug-likeness (QED) is 0.562. The van der Waals surface area contributed by atoms with Crippen LogP contribution >= 0.6 is 43.5 Å². The van der Waals surface area contributed by atoms with Gasteiger partial charge in [-0.05, 0) is 36.4 Å². The van der Waals surface area contributed by atoms with Gasteiger partial charge in [0.2, 0.25) is 0 Å². The molecule has 0 saturated heterocycles. The number of halogens is 3. The second-order valence-electron chi connectivity index (χ2n) is 3.87. The smallest absolute Gasteiger partial charge is 0.0928 e. The number of aromatic nitrogens is 2. The molecule has 0 spiro atoms. The number of rotatable bonds is 1. The highest BCUT2D eigenvalue weighted by Gasteiger charge is 2.07. The molecular weight excluding hydrogens is 379 g/mol. The highest BCUT2D eigenvalue weighted by Crippen LogP contribution is 2.26. The van der Waals surface area contributed by atoms with Gasteiger partial charge >= 0.3 is 0 Å². The van der Waals surface area contributed by atoms with E-state index in [2.05, 4.69) is 37.0 Å². The van der Waals surface area contributed by atoms with Crippen molar-refractivity contribution in [1.82, 2.24) is 9.78 Å². The van der Waals surface area contributed by atoms with Gasteiger partial charge in [0.05, 0.1) is 16.2 Å². The van der Waals surface area contributed by atoms with Gasteiger partial charge in [-0.1, -0.05) is 43.5 Å². The molecule has 2 nitrogen and oxygen atoms in total. The van der Waals surface area contributed by atoms with Crippen molar-refractivity contribution in [2.24, 2.45) is 0 Å². The maximum Gasteiger partial charge on any atom is 0.0928 e. The summed E-state index contributed by atoms with van der Waals surface area (Å²) in [5.41, 5.74) is 1.81. The summed E-state index contributed by atoms with van der Waals surface area (Å²) in [7, 11) is 0. The van der Waals surface area contributed by atoms with E-state index >= 15 is 0 Å². The Kier molecular flexibility index (Phi) is 3.18. The first kappa shape index (κ1) is 12.2. The Hall–Kier alpha value is -0.840. The molecule has 0 aliphatic rings. The summed E-state index contributed by atoms with van der Waals surface area (Å²) in [6, 6.07) is 11.7. The van der Waals surface area contributed by atoms with Crippen molar-refractivity contribution in [2.75, 3.05) is 0 Å². The van der Waals surface area contributed by atoms with Gasteiger partial charge in [-0.3, -0.25) is 0 Å². The lowest BCUT2D eigenvalue weighted by atomic mass is 10.3. The third-order valence-corrected chi connectivity index (χ3v) is 3.91. The molecule has 0 saturated carbocycles. The number of nitrogens with zero attached hydrogens (tertiary/aromatic N) is 2. The van der Waals surface area contributed by atoms with Crippen LogP contribution in [0.4, 0.5) is 0 Å². The predicted molar refractivity (Wildman–Crippen MR) is 81.5 cm³/mol. The van der Waals surface area contributed by atoms with E-state index < -0.39 is 0 Å². The molecule has 3 aromatic rings. The zero-order valence-electron chi connectivity index (χ0n) is 9.07. The monoisotopic (exact) mass is 384 g/mol.